The topological polar surface area (TPSA) is 20.3 Å². The van der Waals surface area contributed by atoms with E-state index in [1.165, 1.54) is 0 Å². The summed E-state index contributed by atoms with van der Waals surface area (Å²) in [6.07, 6.45) is 2.52. The zero-order valence-corrected chi connectivity index (χ0v) is 11.8. The molecule has 1 aromatic rings. The molecule has 2 nitrogen and oxygen atoms in total. The van der Waals surface area contributed by atoms with Crippen LogP contribution in [0.25, 0.3) is 0 Å². The van der Waals surface area contributed by atoms with Gasteiger partial charge in [-0.05, 0) is 36.5 Å². The van der Waals surface area contributed by atoms with Gasteiger partial charge in [0.25, 0.3) is 0 Å². The van der Waals surface area contributed by atoms with Crippen molar-refractivity contribution in [1.29, 1.82) is 0 Å². The predicted octanol–water partition coefficient (Wildman–Crippen LogP) is 3.36. The molecule has 0 saturated carbocycles. The first-order valence-electron chi connectivity index (χ1n) is 6.27. The molecule has 1 unspecified atom stereocenters. The van der Waals surface area contributed by atoms with Gasteiger partial charge in [0.2, 0.25) is 5.91 Å². The number of likely N-dealkylation sites (tertiary alicyclic amines) is 1. The van der Waals surface area contributed by atoms with Crippen molar-refractivity contribution < 1.29 is 4.79 Å². The number of amides is 1. The van der Waals surface area contributed by atoms with Crippen LogP contribution < -0.4 is 0 Å². The number of halogens is 2. The molecule has 1 atom stereocenters. The second kappa shape index (κ2) is 6.44. The highest BCUT2D eigenvalue weighted by Gasteiger charge is 2.25. The molecule has 2 rings (SSSR count). The Hall–Kier alpha value is -0.730. The van der Waals surface area contributed by atoms with Crippen LogP contribution in [0.2, 0.25) is 5.02 Å². The molecule has 0 bridgehead atoms. The first kappa shape index (κ1) is 13.7. The molecule has 0 aromatic heterocycles. The van der Waals surface area contributed by atoms with Crippen LogP contribution in [0.4, 0.5) is 0 Å². The van der Waals surface area contributed by atoms with Crippen molar-refractivity contribution in [2.45, 2.75) is 19.3 Å². The second-order valence-electron chi connectivity index (χ2n) is 4.78. The van der Waals surface area contributed by atoms with E-state index in [0.29, 0.717) is 23.2 Å². The monoisotopic (exact) mass is 285 g/mol. The summed E-state index contributed by atoms with van der Waals surface area (Å²) in [7, 11) is 0. The summed E-state index contributed by atoms with van der Waals surface area (Å²) in [5, 5.41) is 0.682. The fourth-order valence-electron chi connectivity index (χ4n) is 2.38. The van der Waals surface area contributed by atoms with Crippen LogP contribution in [0.1, 0.15) is 18.4 Å². The van der Waals surface area contributed by atoms with E-state index in [1.54, 1.807) is 0 Å². The minimum Gasteiger partial charge on any atom is -0.342 e. The van der Waals surface area contributed by atoms with Crippen molar-refractivity contribution in [2.24, 2.45) is 5.92 Å². The number of carbonyl (C=O) groups is 1. The highest BCUT2D eigenvalue weighted by Crippen LogP contribution is 2.21. The summed E-state index contributed by atoms with van der Waals surface area (Å²) in [5.74, 6) is 1.45. The lowest BCUT2D eigenvalue weighted by Crippen LogP contribution is -2.30. The lowest BCUT2D eigenvalue weighted by Gasteiger charge is -2.16. The minimum absolute atomic E-state index is 0.189. The summed E-state index contributed by atoms with van der Waals surface area (Å²) < 4.78 is 0. The van der Waals surface area contributed by atoms with Gasteiger partial charge in [-0.25, -0.2) is 0 Å². The second-order valence-corrected chi connectivity index (χ2v) is 5.59. The molecule has 1 heterocycles. The molecule has 98 valence electrons. The summed E-state index contributed by atoms with van der Waals surface area (Å²) in [4.78, 5) is 14.1. The predicted molar refractivity (Wildman–Crippen MR) is 75.2 cm³/mol. The average Bonchev–Trinajstić information content (AvgIpc) is 2.78. The van der Waals surface area contributed by atoms with Crippen molar-refractivity contribution >= 4 is 29.1 Å². The first-order chi connectivity index (χ1) is 8.69. The highest BCUT2D eigenvalue weighted by molar-refractivity contribution is 6.30. The number of rotatable bonds is 4. The zero-order chi connectivity index (χ0) is 13.0. The van der Waals surface area contributed by atoms with E-state index < -0.39 is 0 Å². The molecular formula is C14H17Cl2NO. The van der Waals surface area contributed by atoms with Crippen molar-refractivity contribution in [3.8, 4) is 0 Å². The van der Waals surface area contributed by atoms with Gasteiger partial charge < -0.3 is 4.90 Å². The van der Waals surface area contributed by atoms with Crippen LogP contribution in [0.3, 0.4) is 0 Å². The Balaban J connectivity index is 1.89. The third kappa shape index (κ3) is 3.63. The summed E-state index contributed by atoms with van der Waals surface area (Å²) in [5.41, 5.74) is 0.980. The Kier molecular flexibility index (Phi) is 4.90. The number of benzene rings is 1. The van der Waals surface area contributed by atoms with Gasteiger partial charge >= 0.3 is 0 Å². The highest BCUT2D eigenvalue weighted by atomic mass is 35.5. The molecule has 18 heavy (non-hydrogen) atoms. The van der Waals surface area contributed by atoms with E-state index in [1.807, 2.05) is 29.2 Å². The van der Waals surface area contributed by atoms with Crippen molar-refractivity contribution in [1.82, 2.24) is 4.90 Å². The molecule has 1 aliphatic rings. The lowest BCUT2D eigenvalue weighted by molar-refractivity contribution is -0.129. The first-order valence-corrected chi connectivity index (χ1v) is 7.18. The summed E-state index contributed by atoms with van der Waals surface area (Å²) in [6.45, 7) is 1.72. The summed E-state index contributed by atoms with van der Waals surface area (Å²) in [6, 6.07) is 7.50. The number of alkyl halides is 1. The number of hydrogen-bond acceptors (Lipinski definition) is 1. The molecule has 1 aromatic carbocycles. The van der Waals surface area contributed by atoms with Crippen molar-refractivity contribution in [3.63, 3.8) is 0 Å². The SMILES string of the molecule is O=C(Cc1cccc(Cl)c1)N1CCC(CCCl)C1. The van der Waals surface area contributed by atoms with Crippen LogP contribution in [-0.4, -0.2) is 29.8 Å². The van der Waals surface area contributed by atoms with E-state index in [2.05, 4.69) is 0 Å². The molecule has 0 N–H and O–H groups in total. The van der Waals surface area contributed by atoms with Crippen molar-refractivity contribution in [2.75, 3.05) is 19.0 Å². The van der Waals surface area contributed by atoms with Crippen LogP contribution in [-0.2, 0) is 11.2 Å². The Labute approximate surface area is 118 Å². The Bertz CT molecular complexity index is 422. The Morgan fingerprint density at radius 2 is 2.28 bits per heavy atom. The lowest BCUT2D eigenvalue weighted by atomic mass is 10.1. The Morgan fingerprint density at radius 3 is 3.00 bits per heavy atom. The quantitative estimate of drug-likeness (QED) is 0.777. The van der Waals surface area contributed by atoms with Crippen LogP contribution in [0.15, 0.2) is 24.3 Å². The Morgan fingerprint density at radius 1 is 1.44 bits per heavy atom. The number of carbonyl (C=O) groups excluding carboxylic acids is 1. The fraction of sp³-hybridized carbons (Fsp3) is 0.500. The van der Waals surface area contributed by atoms with E-state index in [0.717, 1.165) is 31.5 Å². The van der Waals surface area contributed by atoms with Gasteiger partial charge in [-0.1, -0.05) is 23.7 Å². The summed E-state index contributed by atoms with van der Waals surface area (Å²) >= 11 is 11.7. The standard InChI is InChI=1S/C14H17Cl2NO/c15-6-4-11-5-7-17(10-11)14(18)9-12-2-1-3-13(16)8-12/h1-3,8,11H,4-7,9-10H2. The van der Waals surface area contributed by atoms with Gasteiger partial charge in [0.1, 0.15) is 0 Å². The van der Waals surface area contributed by atoms with E-state index in [9.17, 15) is 4.79 Å². The fourth-order valence-corrected chi connectivity index (χ4v) is 2.90. The zero-order valence-electron chi connectivity index (χ0n) is 10.2. The van der Waals surface area contributed by atoms with Crippen molar-refractivity contribution in [3.05, 3.63) is 34.9 Å². The van der Waals surface area contributed by atoms with E-state index in [-0.39, 0.29) is 5.91 Å². The molecule has 1 fully saturated rings. The molecule has 1 aliphatic heterocycles. The van der Waals surface area contributed by atoms with Gasteiger partial charge in [0.05, 0.1) is 6.42 Å². The van der Waals surface area contributed by atoms with Crippen LogP contribution in [0.5, 0.6) is 0 Å². The molecular weight excluding hydrogens is 269 g/mol. The number of hydrogen-bond donors (Lipinski definition) is 0. The molecule has 1 amide bonds. The molecule has 1 saturated heterocycles. The smallest absolute Gasteiger partial charge is 0.226 e. The molecule has 0 aliphatic carbocycles. The van der Waals surface area contributed by atoms with Crippen LogP contribution in [0, 0.1) is 5.92 Å². The normalized spacial score (nSPS) is 19.2. The number of nitrogens with zero attached hydrogens (tertiary/aromatic N) is 1. The maximum atomic E-state index is 12.1. The average molecular weight is 286 g/mol. The maximum Gasteiger partial charge on any atom is 0.226 e. The molecule has 0 spiro atoms. The van der Waals surface area contributed by atoms with Gasteiger partial charge in [-0.2, -0.15) is 0 Å². The maximum absolute atomic E-state index is 12.1. The molecule has 0 radical (unpaired) electrons. The largest absolute Gasteiger partial charge is 0.342 e. The van der Waals surface area contributed by atoms with E-state index in [4.69, 9.17) is 23.2 Å². The third-order valence-corrected chi connectivity index (χ3v) is 3.85. The minimum atomic E-state index is 0.189. The van der Waals surface area contributed by atoms with Gasteiger partial charge in [-0.15, -0.1) is 11.6 Å². The molecule has 4 heteroatoms. The van der Waals surface area contributed by atoms with E-state index >= 15 is 0 Å². The van der Waals surface area contributed by atoms with Gasteiger partial charge in [0, 0.05) is 24.0 Å². The third-order valence-electron chi connectivity index (χ3n) is 3.40. The van der Waals surface area contributed by atoms with Crippen LogP contribution >= 0.6 is 23.2 Å². The van der Waals surface area contributed by atoms with Gasteiger partial charge in [0.15, 0.2) is 0 Å². The van der Waals surface area contributed by atoms with Gasteiger partial charge in [-0.3, -0.25) is 4.79 Å².